The van der Waals surface area contributed by atoms with Gasteiger partial charge in [-0.1, -0.05) is 34.1 Å². The maximum atomic E-state index is 12.2. The minimum absolute atomic E-state index is 0.120. The fraction of sp³-hybridized carbons (Fsp3) is 0.133. The molecule has 0 aromatic heterocycles. The summed E-state index contributed by atoms with van der Waals surface area (Å²) in [7, 11) is 0. The molecule has 1 amide bonds. The van der Waals surface area contributed by atoms with Crippen molar-refractivity contribution in [3.8, 4) is 0 Å². The molecule has 2 aromatic rings. The molecule has 19 heavy (non-hydrogen) atoms. The van der Waals surface area contributed by atoms with Crippen LogP contribution >= 0.6 is 27.5 Å². The summed E-state index contributed by atoms with van der Waals surface area (Å²) in [5, 5.41) is 2.88. The standard InChI is InChI=1S/C15H13BrClNO/c1-10-5-6-12(16)8-14(10)15(19)18-13-4-2-3-11(7-13)9-17/h2-8H,9H2,1H3,(H,18,19). The third kappa shape index (κ3) is 3.58. The number of anilines is 1. The molecule has 0 aliphatic carbocycles. The lowest BCUT2D eigenvalue weighted by Crippen LogP contribution is -2.13. The largest absolute Gasteiger partial charge is 0.322 e. The first-order chi connectivity index (χ1) is 9.10. The third-order valence-corrected chi connectivity index (χ3v) is 3.59. The first-order valence-electron chi connectivity index (χ1n) is 5.82. The van der Waals surface area contributed by atoms with E-state index in [2.05, 4.69) is 21.2 Å². The molecule has 0 atom stereocenters. The molecule has 0 aliphatic rings. The first-order valence-corrected chi connectivity index (χ1v) is 7.15. The summed E-state index contributed by atoms with van der Waals surface area (Å²) >= 11 is 9.15. The number of alkyl halides is 1. The van der Waals surface area contributed by atoms with Crippen molar-refractivity contribution in [2.45, 2.75) is 12.8 Å². The molecule has 0 spiro atoms. The number of halogens is 2. The van der Waals surface area contributed by atoms with Crippen LogP contribution in [0.3, 0.4) is 0 Å². The van der Waals surface area contributed by atoms with Crippen LogP contribution in [-0.4, -0.2) is 5.91 Å². The molecule has 0 radical (unpaired) electrons. The minimum atomic E-state index is -0.120. The van der Waals surface area contributed by atoms with E-state index in [9.17, 15) is 4.79 Å². The number of rotatable bonds is 3. The molecule has 2 nitrogen and oxygen atoms in total. The van der Waals surface area contributed by atoms with Crippen molar-refractivity contribution in [1.29, 1.82) is 0 Å². The first kappa shape index (κ1) is 14.1. The van der Waals surface area contributed by atoms with E-state index >= 15 is 0 Å². The summed E-state index contributed by atoms with van der Waals surface area (Å²) < 4.78 is 0.887. The van der Waals surface area contributed by atoms with Crippen LogP contribution < -0.4 is 5.32 Å². The van der Waals surface area contributed by atoms with E-state index in [4.69, 9.17) is 11.6 Å². The number of carbonyl (C=O) groups excluding carboxylic acids is 1. The van der Waals surface area contributed by atoms with Gasteiger partial charge in [0.05, 0.1) is 0 Å². The van der Waals surface area contributed by atoms with E-state index in [0.29, 0.717) is 11.4 Å². The van der Waals surface area contributed by atoms with Gasteiger partial charge in [0.1, 0.15) is 0 Å². The number of carbonyl (C=O) groups is 1. The van der Waals surface area contributed by atoms with Crippen molar-refractivity contribution in [2.75, 3.05) is 5.32 Å². The third-order valence-electron chi connectivity index (χ3n) is 2.78. The van der Waals surface area contributed by atoms with Crippen LogP contribution in [0.25, 0.3) is 0 Å². The molecule has 4 heteroatoms. The quantitative estimate of drug-likeness (QED) is 0.804. The second-order valence-electron chi connectivity index (χ2n) is 4.25. The molecule has 98 valence electrons. The van der Waals surface area contributed by atoms with Gasteiger partial charge in [-0.25, -0.2) is 0 Å². The molecule has 0 aliphatic heterocycles. The minimum Gasteiger partial charge on any atom is -0.322 e. The van der Waals surface area contributed by atoms with Crippen LogP contribution in [0.4, 0.5) is 5.69 Å². The van der Waals surface area contributed by atoms with E-state index in [-0.39, 0.29) is 5.91 Å². The van der Waals surface area contributed by atoms with Crippen LogP contribution in [0, 0.1) is 6.92 Å². The Bertz CT molecular complexity index is 613. The van der Waals surface area contributed by atoms with E-state index in [0.717, 1.165) is 21.3 Å². The number of amides is 1. The fourth-order valence-corrected chi connectivity index (χ4v) is 2.30. The van der Waals surface area contributed by atoms with Gasteiger partial charge in [0.15, 0.2) is 0 Å². The Morgan fingerprint density at radius 1 is 1.26 bits per heavy atom. The molecule has 0 unspecified atom stereocenters. The summed E-state index contributed by atoms with van der Waals surface area (Å²) in [6.45, 7) is 1.91. The SMILES string of the molecule is Cc1ccc(Br)cc1C(=O)Nc1cccc(CCl)c1. The van der Waals surface area contributed by atoms with Crippen molar-refractivity contribution in [3.05, 3.63) is 63.6 Å². The monoisotopic (exact) mass is 337 g/mol. The zero-order chi connectivity index (χ0) is 13.8. The Morgan fingerprint density at radius 2 is 2.05 bits per heavy atom. The zero-order valence-corrected chi connectivity index (χ0v) is 12.8. The molecule has 0 fully saturated rings. The van der Waals surface area contributed by atoms with Crippen LogP contribution in [-0.2, 0) is 5.88 Å². The number of hydrogen-bond acceptors (Lipinski definition) is 1. The lowest BCUT2D eigenvalue weighted by atomic mass is 10.1. The van der Waals surface area contributed by atoms with Gasteiger partial charge in [-0.2, -0.15) is 0 Å². The van der Waals surface area contributed by atoms with Crippen LogP contribution in [0.15, 0.2) is 46.9 Å². The molecule has 0 heterocycles. The number of nitrogens with one attached hydrogen (secondary N) is 1. The van der Waals surface area contributed by atoms with Crippen molar-refractivity contribution >= 4 is 39.1 Å². The topological polar surface area (TPSA) is 29.1 Å². The Hall–Kier alpha value is -1.32. The Kier molecular flexibility index (Phi) is 4.61. The van der Waals surface area contributed by atoms with E-state index in [1.807, 2.05) is 49.4 Å². The van der Waals surface area contributed by atoms with Gasteiger partial charge in [-0.15, -0.1) is 11.6 Å². The van der Waals surface area contributed by atoms with Crippen molar-refractivity contribution in [3.63, 3.8) is 0 Å². The zero-order valence-electron chi connectivity index (χ0n) is 10.4. The fourth-order valence-electron chi connectivity index (χ4n) is 1.77. The second kappa shape index (κ2) is 6.22. The molecule has 2 rings (SSSR count). The smallest absolute Gasteiger partial charge is 0.255 e. The molecule has 2 aromatic carbocycles. The van der Waals surface area contributed by atoms with Gasteiger partial charge in [0.2, 0.25) is 0 Å². The molecule has 0 saturated heterocycles. The van der Waals surface area contributed by atoms with Gasteiger partial charge in [0, 0.05) is 21.6 Å². The van der Waals surface area contributed by atoms with Crippen molar-refractivity contribution in [2.24, 2.45) is 0 Å². The summed E-state index contributed by atoms with van der Waals surface area (Å²) in [4.78, 5) is 12.2. The highest BCUT2D eigenvalue weighted by Gasteiger charge is 2.10. The molecule has 0 saturated carbocycles. The van der Waals surface area contributed by atoms with Gasteiger partial charge in [0.25, 0.3) is 5.91 Å². The summed E-state index contributed by atoms with van der Waals surface area (Å²) in [5.41, 5.74) is 3.33. The number of benzene rings is 2. The predicted molar refractivity (Wildman–Crippen MR) is 82.8 cm³/mol. The van der Waals surface area contributed by atoms with E-state index in [1.54, 1.807) is 0 Å². The van der Waals surface area contributed by atoms with Crippen molar-refractivity contribution in [1.82, 2.24) is 0 Å². The lowest BCUT2D eigenvalue weighted by molar-refractivity contribution is 0.102. The van der Waals surface area contributed by atoms with E-state index in [1.165, 1.54) is 0 Å². The predicted octanol–water partition coefficient (Wildman–Crippen LogP) is 4.75. The van der Waals surface area contributed by atoms with Gasteiger partial charge >= 0.3 is 0 Å². The summed E-state index contributed by atoms with van der Waals surface area (Å²) in [5.74, 6) is 0.310. The maximum Gasteiger partial charge on any atom is 0.255 e. The highest BCUT2D eigenvalue weighted by Crippen LogP contribution is 2.18. The average molecular weight is 339 g/mol. The summed E-state index contributed by atoms with van der Waals surface area (Å²) in [6, 6.07) is 13.2. The maximum absolute atomic E-state index is 12.2. The summed E-state index contributed by atoms with van der Waals surface area (Å²) in [6.07, 6.45) is 0. The van der Waals surface area contributed by atoms with Gasteiger partial charge in [-0.3, -0.25) is 4.79 Å². The van der Waals surface area contributed by atoms with Crippen LogP contribution in [0.5, 0.6) is 0 Å². The highest BCUT2D eigenvalue weighted by atomic mass is 79.9. The molecule has 1 N–H and O–H groups in total. The Labute approximate surface area is 125 Å². The molecule has 0 bridgehead atoms. The van der Waals surface area contributed by atoms with Gasteiger partial charge in [-0.05, 0) is 42.3 Å². The Morgan fingerprint density at radius 3 is 2.79 bits per heavy atom. The number of aryl methyl sites for hydroxylation is 1. The normalized spacial score (nSPS) is 10.3. The van der Waals surface area contributed by atoms with Gasteiger partial charge < -0.3 is 5.32 Å². The molecular weight excluding hydrogens is 326 g/mol. The van der Waals surface area contributed by atoms with Crippen LogP contribution in [0.1, 0.15) is 21.5 Å². The van der Waals surface area contributed by atoms with Crippen LogP contribution in [0.2, 0.25) is 0 Å². The molecular formula is C15H13BrClNO. The second-order valence-corrected chi connectivity index (χ2v) is 5.43. The lowest BCUT2D eigenvalue weighted by Gasteiger charge is -2.09. The van der Waals surface area contributed by atoms with Crippen molar-refractivity contribution < 1.29 is 4.79 Å². The Balaban J connectivity index is 2.23. The highest BCUT2D eigenvalue weighted by molar-refractivity contribution is 9.10. The van der Waals surface area contributed by atoms with E-state index < -0.39 is 0 Å². The number of hydrogen-bond donors (Lipinski definition) is 1. The average Bonchev–Trinajstić information content (AvgIpc) is 2.41.